The first-order valence-electron chi connectivity index (χ1n) is 16.1. The molecule has 0 saturated carbocycles. The van der Waals surface area contributed by atoms with E-state index in [2.05, 4.69) is 5.32 Å². The van der Waals surface area contributed by atoms with Crippen LogP contribution in [0.3, 0.4) is 0 Å². The second kappa shape index (κ2) is 26.1. The van der Waals surface area contributed by atoms with E-state index >= 15 is 0 Å². The van der Waals surface area contributed by atoms with E-state index in [1.165, 1.54) is 0 Å². The maximum absolute atomic E-state index is 12.4. The summed E-state index contributed by atoms with van der Waals surface area (Å²) in [5, 5.41) is 19.9. The summed E-state index contributed by atoms with van der Waals surface area (Å²) in [6, 6.07) is 5.22. The Labute approximate surface area is 285 Å². The Kier molecular flexibility index (Phi) is 22.0. The Balaban J connectivity index is 1.71. The molecule has 2 rings (SSSR count). The van der Waals surface area contributed by atoms with Crippen molar-refractivity contribution in [1.82, 2.24) is 10.2 Å². The van der Waals surface area contributed by atoms with E-state index in [1.54, 1.807) is 18.2 Å². The smallest absolute Gasteiger partial charge is 0.305 e. The monoisotopic (exact) mass is 700 g/mol. The highest BCUT2D eigenvalue weighted by molar-refractivity contribution is 6.02. The summed E-state index contributed by atoms with van der Waals surface area (Å²) in [5.41, 5.74) is 0.703. The summed E-state index contributed by atoms with van der Waals surface area (Å²) in [4.78, 5) is 58.0. The number of nitrogens with one attached hydrogen (secondary N) is 1. The van der Waals surface area contributed by atoms with Crippen LogP contribution in [-0.2, 0) is 58.9 Å². The second-order valence-electron chi connectivity index (χ2n) is 10.4. The molecule has 0 aromatic heterocycles. The molecule has 17 heteroatoms. The Morgan fingerprint density at radius 3 is 1.37 bits per heavy atom. The van der Waals surface area contributed by atoms with Gasteiger partial charge in [-0.1, -0.05) is 0 Å². The zero-order chi connectivity index (χ0) is 35.5. The van der Waals surface area contributed by atoms with Crippen LogP contribution in [0.5, 0.6) is 11.5 Å². The lowest BCUT2D eigenvalue weighted by molar-refractivity contribution is -0.140. The summed E-state index contributed by atoms with van der Waals surface area (Å²) in [6.07, 6.45) is 0.237. The number of imide groups is 1. The lowest BCUT2D eigenvalue weighted by atomic mass is 10.2. The van der Waals surface area contributed by atoms with Crippen LogP contribution in [0.25, 0.3) is 0 Å². The number of carboxylic acid groups (broad SMARTS) is 2. The maximum atomic E-state index is 12.4. The van der Waals surface area contributed by atoms with Crippen LogP contribution < -0.4 is 14.8 Å². The zero-order valence-corrected chi connectivity index (χ0v) is 27.7. The third-order valence-corrected chi connectivity index (χ3v) is 6.55. The van der Waals surface area contributed by atoms with Crippen LogP contribution in [0.2, 0.25) is 0 Å². The normalized spacial score (nSPS) is 12.8. The maximum Gasteiger partial charge on any atom is 0.305 e. The van der Waals surface area contributed by atoms with Crippen molar-refractivity contribution in [3.05, 3.63) is 23.8 Å². The number of ether oxygens (including phenoxy) is 8. The van der Waals surface area contributed by atoms with Gasteiger partial charge in [-0.3, -0.25) is 28.9 Å². The molecule has 0 atom stereocenters. The molecular formula is C32H48N2O15. The Morgan fingerprint density at radius 2 is 0.959 bits per heavy atom. The van der Waals surface area contributed by atoms with Crippen molar-refractivity contribution in [2.75, 3.05) is 99.0 Å². The number of amides is 3. The quantitative estimate of drug-likeness (QED) is 0.0716. The van der Waals surface area contributed by atoms with Gasteiger partial charge in [0.15, 0.2) is 0 Å². The van der Waals surface area contributed by atoms with Gasteiger partial charge in [-0.05, 0) is 17.7 Å². The first kappa shape index (κ1) is 41.3. The van der Waals surface area contributed by atoms with E-state index in [9.17, 15) is 24.0 Å². The van der Waals surface area contributed by atoms with Gasteiger partial charge in [0, 0.05) is 38.4 Å². The molecule has 0 bridgehead atoms. The first-order chi connectivity index (χ1) is 23.7. The molecule has 0 unspecified atom stereocenters. The molecule has 1 aromatic carbocycles. The minimum absolute atomic E-state index is 0.00533. The fourth-order valence-electron chi connectivity index (χ4n) is 4.11. The van der Waals surface area contributed by atoms with Crippen molar-refractivity contribution < 1.29 is 72.1 Å². The zero-order valence-electron chi connectivity index (χ0n) is 27.7. The molecule has 0 aliphatic carbocycles. The molecule has 17 nitrogen and oxygen atoms in total. The molecule has 1 fully saturated rings. The average molecular weight is 701 g/mol. The minimum atomic E-state index is -0.915. The van der Waals surface area contributed by atoms with Gasteiger partial charge >= 0.3 is 11.9 Å². The predicted molar refractivity (Wildman–Crippen MR) is 169 cm³/mol. The number of carbonyl (C=O) groups excluding carboxylic acids is 3. The van der Waals surface area contributed by atoms with Crippen LogP contribution in [0.15, 0.2) is 18.2 Å². The lowest BCUT2D eigenvalue weighted by Crippen LogP contribution is -2.34. The van der Waals surface area contributed by atoms with Crippen LogP contribution in [-0.4, -0.2) is 144 Å². The van der Waals surface area contributed by atoms with Gasteiger partial charge in [-0.2, -0.15) is 0 Å². The van der Waals surface area contributed by atoms with E-state index in [0.29, 0.717) is 69.9 Å². The molecule has 1 aliphatic heterocycles. The topological polar surface area (TPSA) is 215 Å². The van der Waals surface area contributed by atoms with Gasteiger partial charge in [-0.15, -0.1) is 0 Å². The Bertz CT molecular complexity index is 1080. The average Bonchev–Trinajstić information content (AvgIpc) is 3.39. The van der Waals surface area contributed by atoms with Gasteiger partial charge in [-0.25, -0.2) is 0 Å². The van der Waals surface area contributed by atoms with E-state index in [4.69, 9.17) is 48.1 Å². The summed E-state index contributed by atoms with van der Waals surface area (Å²) in [7, 11) is 0. The van der Waals surface area contributed by atoms with Crippen molar-refractivity contribution in [3.63, 3.8) is 0 Å². The Morgan fingerprint density at radius 1 is 0.571 bits per heavy atom. The highest BCUT2D eigenvalue weighted by atomic mass is 16.6. The van der Waals surface area contributed by atoms with Gasteiger partial charge < -0.3 is 53.4 Å². The number of likely N-dealkylation sites (tertiary alicyclic amines) is 1. The molecule has 1 heterocycles. The van der Waals surface area contributed by atoms with Gasteiger partial charge in [0.25, 0.3) is 0 Å². The van der Waals surface area contributed by atoms with Crippen LogP contribution >= 0.6 is 0 Å². The second-order valence-corrected chi connectivity index (χ2v) is 10.4. The van der Waals surface area contributed by atoms with Crippen molar-refractivity contribution in [1.29, 1.82) is 0 Å². The SMILES string of the molecule is O=C(O)CCOCCOCCOCCOc1cc(CNC(=O)CCN2C(=O)CCC2=O)cc(OCCOCCOCCOCCC(=O)O)c1. The van der Waals surface area contributed by atoms with E-state index in [1.807, 2.05) is 0 Å². The van der Waals surface area contributed by atoms with Crippen molar-refractivity contribution >= 4 is 29.7 Å². The van der Waals surface area contributed by atoms with Gasteiger partial charge in [0.1, 0.15) is 24.7 Å². The van der Waals surface area contributed by atoms with Crippen molar-refractivity contribution in [3.8, 4) is 11.5 Å². The van der Waals surface area contributed by atoms with Gasteiger partial charge in [0.2, 0.25) is 17.7 Å². The largest absolute Gasteiger partial charge is 0.491 e. The molecular weight excluding hydrogens is 652 g/mol. The first-order valence-corrected chi connectivity index (χ1v) is 16.1. The number of nitrogens with zero attached hydrogens (tertiary/aromatic N) is 1. The number of carboxylic acids is 2. The van der Waals surface area contributed by atoms with E-state index in [0.717, 1.165) is 4.90 Å². The Hall–Kier alpha value is -3.87. The molecule has 0 spiro atoms. The van der Waals surface area contributed by atoms with E-state index in [-0.39, 0.29) is 103 Å². The molecule has 3 N–H and O–H groups in total. The summed E-state index contributed by atoms with van der Waals surface area (Å²) < 4.78 is 43.8. The molecule has 1 aromatic rings. The molecule has 276 valence electrons. The summed E-state index contributed by atoms with van der Waals surface area (Å²) in [5.74, 6) is -1.69. The fourth-order valence-corrected chi connectivity index (χ4v) is 4.11. The number of aliphatic carboxylic acids is 2. The third-order valence-electron chi connectivity index (χ3n) is 6.55. The molecule has 1 saturated heterocycles. The van der Waals surface area contributed by atoms with Crippen LogP contribution in [0.1, 0.15) is 37.7 Å². The number of hydrogen-bond donors (Lipinski definition) is 3. The molecule has 3 amide bonds. The number of benzene rings is 1. The predicted octanol–water partition coefficient (Wildman–Crippen LogP) is 0.649. The van der Waals surface area contributed by atoms with Crippen LogP contribution in [0.4, 0.5) is 0 Å². The molecule has 49 heavy (non-hydrogen) atoms. The summed E-state index contributed by atoms with van der Waals surface area (Å²) in [6.45, 7) is 4.10. The standard InChI is InChI=1S/C32H48N2O15/c35-28(3-6-34-29(36)1-2-30(34)37)33-24-25-21-26(48-19-17-46-15-13-44-11-9-42-7-4-31(38)39)23-27(22-25)49-20-18-47-16-14-45-12-10-43-8-5-32(40)41/h21-23H,1-20,24H2,(H,33,35)(H,38,39)(H,40,41). The number of hydrogen-bond acceptors (Lipinski definition) is 13. The highest BCUT2D eigenvalue weighted by Crippen LogP contribution is 2.23. The molecule has 0 radical (unpaired) electrons. The lowest BCUT2D eigenvalue weighted by Gasteiger charge is -2.15. The van der Waals surface area contributed by atoms with Gasteiger partial charge in [0.05, 0.1) is 92.1 Å². The summed E-state index contributed by atoms with van der Waals surface area (Å²) >= 11 is 0. The van der Waals surface area contributed by atoms with Crippen molar-refractivity contribution in [2.24, 2.45) is 0 Å². The number of rotatable bonds is 31. The third kappa shape index (κ3) is 21.0. The van der Waals surface area contributed by atoms with Crippen molar-refractivity contribution in [2.45, 2.75) is 38.6 Å². The minimum Gasteiger partial charge on any atom is -0.491 e. The highest BCUT2D eigenvalue weighted by Gasteiger charge is 2.28. The van der Waals surface area contributed by atoms with E-state index < -0.39 is 11.9 Å². The fraction of sp³-hybridized carbons (Fsp3) is 0.656. The molecule has 1 aliphatic rings. The number of carbonyl (C=O) groups is 5. The van der Waals surface area contributed by atoms with Crippen LogP contribution in [0, 0.1) is 0 Å².